The molecule has 0 aliphatic heterocycles. The first-order chi connectivity index (χ1) is 11.7. The largest absolute Gasteiger partial charge is 0.507 e. The number of hydrogen-bond acceptors (Lipinski definition) is 6. The second-order valence-corrected chi connectivity index (χ2v) is 7.46. The highest BCUT2D eigenvalue weighted by Crippen LogP contribution is 2.19. The number of amides is 1. The predicted molar refractivity (Wildman–Crippen MR) is 91.3 cm³/mol. The van der Waals surface area contributed by atoms with Crippen LogP contribution in [0.15, 0.2) is 47.4 Å². The molecule has 2 N–H and O–H groups in total. The van der Waals surface area contributed by atoms with E-state index < -0.39 is 28.3 Å². The zero-order valence-corrected chi connectivity index (χ0v) is 14.5. The maximum absolute atomic E-state index is 11.9. The van der Waals surface area contributed by atoms with E-state index in [2.05, 4.69) is 5.32 Å². The topological polar surface area (TPSA) is 110 Å². The van der Waals surface area contributed by atoms with Crippen molar-refractivity contribution >= 4 is 27.4 Å². The molecule has 0 saturated heterocycles. The molecule has 7 nitrogen and oxygen atoms in total. The van der Waals surface area contributed by atoms with Gasteiger partial charge in [-0.1, -0.05) is 17.7 Å². The van der Waals surface area contributed by atoms with E-state index in [0.717, 1.165) is 11.8 Å². The first kappa shape index (κ1) is 18.5. The third-order valence-electron chi connectivity index (χ3n) is 3.25. The Morgan fingerprint density at radius 2 is 1.88 bits per heavy atom. The fourth-order valence-corrected chi connectivity index (χ4v) is 2.69. The highest BCUT2D eigenvalue weighted by Gasteiger charge is 2.15. The number of phenols is 1. The molecule has 132 valence electrons. The van der Waals surface area contributed by atoms with Gasteiger partial charge in [0.1, 0.15) is 11.3 Å². The van der Waals surface area contributed by atoms with Gasteiger partial charge in [-0.25, -0.2) is 13.2 Å². The number of nitrogens with one attached hydrogen (secondary N) is 1. The molecule has 0 aromatic heterocycles. The summed E-state index contributed by atoms with van der Waals surface area (Å²) in [5, 5.41) is 12.1. The number of carbonyl (C=O) groups is 2. The number of ether oxygens (including phenoxy) is 1. The van der Waals surface area contributed by atoms with Crippen LogP contribution in [0, 0.1) is 6.92 Å². The molecule has 0 radical (unpaired) electrons. The minimum Gasteiger partial charge on any atom is -0.507 e. The molecule has 2 aromatic carbocycles. The molecular formula is C17H17NO6S. The second-order valence-electron chi connectivity index (χ2n) is 5.44. The number of aromatic hydroxyl groups is 1. The van der Waals surface area contributed by atoms with Crippen LogP contribution in [0.4, 0.5) is 5.69 Å². The Hall–Kier alpha value is -2.87. The van der Waals surface area contributed by atoms with E-state index in [1.807, 2.05) is 0 Å². The minimum atomic E-state index is -3.40. The number of phenolic OH excluding ortho intramolecular Hbond substituents is 1. The molecular weight excluding hydrogens is 346 g/mol. The molecule has 8 heteroatoms. The third kappa shape index (κ3) is 5.05. The summed E-state index contributed by atoms with van der Waals surface area (Å²) >= 11 is 0. The molecule has 0 aliphatic carbocycles. The molecule has 0 atom stereocenters. The van der Waals surface area contributed by atoms with Gasteiger partial charge in [0.05, 0.1) is 4.90 Å². The molecule has 0 bridgehead atoms. The van der Waals surface area contributed by atoms with Crippen molar-refractivity contribution in [2.75, 3.05) is 18.2 Å². The van der Waals surface area contributed by atoms with Crippen LogP contribution < -0.4 is 5.32 Å². The molecule has 2 rings (SSSR count). The van der Waals surface area contributed by atoms with Crippen LogP contribution in [0.5, 0.6) is 5.75 Å². The number of hydrogen-bond donors (Lipinski definition) is 2. The van der Waals surface area contributed by atoms with Crippen LogP contribution in [0.25, 0.3) is 0 Å². The lowest BCUT2D eigenvalue weighted by atomic mass is 10.1. The summed E-state index contributed by atoms with van der Waals surface area (Å²) in [5.74, 6) is -1.70. The van der Waals surface area contributed by atoms with Gasteiger partial charge in [-0.3, -0.25) is 4.79 Å². The van der Waals surface area contributed by atoms with Gasteiger partial charge in [0.15, 0.2) is 16.4 Å². The predicted octanol–water partition coefficient (Wildman–Crippen LogP) is 1.90. The maximum Gasteiger partial charge on any atom is 0.342 e. The maximum atomic E-state index is 11.9. The summed E-state index contributed by atoms with van der Waals surface area (Å²) in [5.41, 5.74) is 0.987. The first-order valence-corrected chi connectivity index (χ1v) is 9.12. The van der Waals surface area contributed by atoms with E-state index in [9.17, 15) is 23.1 Å². The Morgan fingerprint density at radius 3 is 2.56 bits per heavy atom. The van der Waals surface area contributed by atoms with E-state index in [4.69, 9.17) is 4.74 Å². The van der Waals surface area contributed by atoms with Crippen LogP contribution in [0.3, 0.4) is 0 Å². The lowest BCUT2D eigenvalue weighted by Crippen LogP contribution is -2.21. The van der Waals surface area contributed by atoms with Crippen LogP contribution in [0.2, 0.25) is 0 Å². The summed E-state index contributed by atoms with van der Waals surface area (Å²) in [4.78, 5) is 23.8. The van der Waals surface area contributed by atoms with Crippen LogP contribution in [-0.4, -0.2) is 38.3 Å². The van der Waals surface area contributed by atoms with Crippen molar-refractivity contribution in [1.29, 1.82) is 0 Å². The van der Waals surface area contributed by atoms with Crippen molar-refractivity contribution in [2.24, 2.45) is 0 Å². The van der Waals surface area contributed by atoms with E-state index in [1.54, 1.807) is 13.0 Å². The number of sulfone groups is 1. The van der Waals surface area contributed by atoms with Crippen molar-refractivity contribution in [2.45, 2.75) is 11.8 Å². The summed E-state index contributed by atoms with van der Waals surface area (Å²) in [6.45, 7) is 1.17. The number of anilines is 1. The van der Waals surface area contributed by atoms with Crippen molar-refractivity contribution < 1.29 is 27.9 Å². The van der Waals surface area contributed by atoms with E-state index in [0.29, 0.717) is 0 Å². The van der Waals surface area contributed by atoms with Gasteiger partial charge >= 0.3 is 5.97 Å². The van der Waals surface area contributed by atoms with Crippen molar-refractivity contribution in [3.63, 3.8) is 0 Å². The van der Waals surface area contributed by atoms with Crippen LogP contribution in [-0.2, 0) is 19.4 Å². The summed E-state index contributed by atoms with van der Waals surface area (Å²) in [6.07, 6.45) is 1.06. The number of carbonyl (C=O) groups excluding carboxylic acids is 2. The summed E-state index contributed by atoms with van der Waals surface area (Å²) in [6, 6.07) is 10.2. The smallest absolute Gasteiger partial charge is 0.342 e. The second kappa shape index (κ2) is 7.35. The molecule has 0 unspecified atom stereocenters. The molecule has 0 fully saturated rings. The number of aryl methyl sites for hydroxylation is 1. The fraction of sp³-hybridized carbons (Fsp3) is 0.176. The number of esters is 1. The lowest BCUT2D eigenvalue weighted by Gasteiger charge is -2.09. The van der Waals surface area contributed by atoms with Crippen molar-refractivity contribution in [3.05, 3.63) is 53.6 Å². The molecule has 1 amide bonds. The monoisotopic (exact) mass is 363 g/mol. The van der Waals surface area contributed by atoms with Crippen molar-refractivity contribution in [1.82, 2.24) is 0 Å². The summed E-state index contributed by atoms with van der Waals surface area (Å²) in [7, 11) is -3.40. The standard InChI is InChI=1S/C17H17NO6S/c1-11-6-7-15(19)14(8-11)17(21)24-10-16(20)18-12-4-3-5-13(9-12)25(2,22)23/h3-9,19H,10H2,1-2H3,(H,18,20). The van der Waals surface area contributed by atoms with E-state index >= 15 is 0 Å². The minimum absolute atomic E-state index is 0.0353. The van der Waals surface area contributed by atoms with Crippen molar-refractivity contribution in [3.8, 4) is 5.75 Å². The molecule has 0 aliphatic rings. The van der Waals surface area contributed by atoms with Gasteiger partial charge in [0, 0.05) is 11.9 Å². The van der Waals surface area contributed by atoms with E-state index in [-0.39, 0.29) is 21.9 Å². The SMILES string of the molecule is Cc1ccc(O)c(C(=O)OCC(=O)Nc2cccc(S(C)(=O)=O)c2)c1. The van der Waals surface area contributed by atoms with Gasteiger partial charge in [0.2, 0.25) is 0 Å². The molecule has 0 spiro atoms. The number of benzene rings is 2. The van der Waals surface area contributed by atoms with E-state index in [1.165, 1.54) is 36.4 Å². The fourth-order valence-electron chi connectivity index (χ4n) is 2.02. The van der Waals surface area contributed by atoms with Crippen LogP contribution in [0.1, 0.15) is 15.9 Å². The Kier molecular flexibility index (Phi) is 5.43. The average Bonchev–Trinajstić information content (AvgIpc) is 2.54. The zero-order valence-electron chi connectivity index (χ0n) is 13.6. The number of rotatable bonds is 5. The third-order valence-corrected chi connectivity index (χ3v) is 4.36. The van der Waals surface area contributed by atoms with Gasteiger partial charge in [-0.15, -0.1) is 0 Å². The van der Waals surface area contributed by atoms with Gasteiger partial charge in [-0.2, -0.15) is 0 Å². The normalized spacial score (nSPS) is 11.0. The average molecular weight is 363 g/mol. The van der Waals surface area contributed by atoms with Crippen LogP contribution >= 0.6 is 0 Å². The quantitative estimate of drug-likeness (QED) is 0.785. The summed E-state index contributed by atoms with van der Waals surface area (Å²) < 4.78 is 27.9. The molecule has 0 heterocycles. The zero-order chi connectivity index (χ0) is 18.6. The Bertz CT molecular complexity index is 920. The molecule has 0 saturated carbocycles. The molecule has 25 heavy (non-hydrogen) atoms. The highest BCUT2D eigenvalue weighted by molar-refractivity contribution is 7.90. The lowest BCUT2D eigenvalue weighted by molar-refractivity contribution is -0.119. The Balaban J connectivity index is 1.99. The van der Waals surface area contributed by atoms with Gasteiger partial charge in [0.25, 0.3) is 5.91 Å². The van der Waals surface area contributed by atoms with Gasteiger partial charge < -0.3 is 15.2 Å². The molecule has 2 aromatic rings. The Morgan fingerprint density at radius 1 is 1.16 bits per heavy atom. The highest BCUT2D eigenvalue weighted by atomic mass is 32.2. The Labute approximate surface area is 145 Å². The van der Waals surface area contributed by atoms with Gasteiger partial charge in [-0.05, 0) is 37.3 Å². The first-order valence-electron chi connectivity index (χ1n) is 7.23.